The first-order valence-corrected chi connectivity index (χ1v) is 8.91. The van der Waals surface area contributed by atoms with Crippen LogP contribution in [0.4, 0.5) is 11.8 Å². The fourth-order valence-electron chi connectivity index (χ4n) is 2.66. The van der Waals surface area contributed by atoms with Crippen molar-refractivity contribution in [2.75, 3.05) is 10.2 Å². The van der Waals surface area contributed by atoms with E-state index in [4.69, 9.17) is 0 Å². The number of benzene rings is 2. The maximum absolute atomic E-state index is 4.66. The zero-order chi connectivity index (χ0) is 18.4. The van der Waals surface area contributed by atoms with Gasteiger partial charge in [-0.1, -0.05) is 60.2 Å². The van der Waals surface area contributed by atoms with Crippen LogP contribution in [0.2, 0.25) is 0 Å². The third-order valence-electron chi connectivity index (χ3n) is 4.22. The summed E-state index contributed by atoms with van der Waals surface area (Å²) in [6.07, 6.45) is 1.67. The minimum atomic E-state index is 0.268. The molecule has 134 valence electrons. The first kappa shape index (κ1) is 17.9. The van der Waals surface area contributed by atoms with E-state index < -0.39 is 0 Å². The lowest BCUT2D eigenvalue weighted by atomic mass is 10.1. The monoisotopic (exact) mass is 347 g/mol. The lowest BCUT2D eigenvalue weighted by Crippen LogP contribution is -2.32. The Balaban J connectivity index is 1.72. The van der Waals surface area contributed by atoms with Gasteiger partial charge in [-0.15, -0.1) is 5.10 Å². The second-order valence-corrected chi connectivity index (χ2v) is 6.69. The topological polar surface area (TPSA) is 53.9 Å². The Morgan fingerprint density at radius 1 is 0.962 bits per heavy atom. The molecule has 0 atom stereocenters. The average molecular weight is 347 g/mol. The van der Waals surface area contributed by atoms with E-state index >= 15 is 0 Å². The van der Waals surface area contributed by atoms with Gasteiger partial charge in [-0.3, -0.25) is 0 Å². The van der Waals surface area contributed by atoms with E-state index in [1.807, 2.05) is 18.2 Å². The molecule has 1 N–H and O–H groups in total. The molecule has 26 heavy (non-hydrogen) atoms. The van der Waals surface area contributed by atoms with Crippen LogP contribution in [0.25, 0.3) is 0 Å². The van der Waals surface area contributed by atoms with Crippen LogP contribution in [-0.2, 0) is 13.1 Å². The summed E-state index contributed by atoms with van der Waals surface area (Å²) in [5.74, 6) is 1.37. The zero-order valence-electron chi connectivity index (χ0n) is 15.6. The predicted octanol–water partition coefficient (Wildman–Crippen LogP) is 4.21. The number of aryl methyl sites for hydroxylation is 1. The Labute approximate surface area is 155 Å². The molecule has 1 aromatic heterocycles. The Morgan fingerprint density at radius 2 is 1.69 bits per heavy atom. The van der Waals surface area contributed by atoms with Gasteiger partial charge in [-0.05, 0) is 31.9 Å². The van der Waals surface area contributed by atoms with Gasteiger partial charge < -0.3 is 10.2 Å². The van der Waals surface area contributed by atoms with E-state index in [1.54, 1.807) is 6.20 Å². The first-order chi connectivity index (χ1) is 12.6. The van der Waals surface area contributed by atoms with Gasteiger partial charge in [0.15, 0.2) is 5.82 Å². The smallest absolute Gasteiger partial charge is 0.247 e. The van der Waals surface area contributed by atoms with Crippen LogP contribution in [0, 0.1) is 6.92 Å². The van der Waals surface area contributed by atoms with E-state index in [2.05, 4.69) is 82.6 Å². The standard InChI is InChI=1S/C21H25N5/c1-16(2)26(15-19-7-5-4-6-8-19)21-24-20(14-23-25-21)22-13-18-11-9-17(3)10-12-18/h4-12,14,16H,13,15H2,1-3H3,(H,22,24,25). The maximum Gasteiger partial charge on any atom is 0.247 e. The van der Waals surface area contributed by atoms with E-state index in [-0.39, 0.29) is 6.04 Å². The normalized spacial score (nSPS) is 10.8. The molecule has 2 aromatic carbocycles. The summed E-state index contributed by atoms with van der Waals surface area (Å²) in [5.41, 5.74) is 3.69. The molecular formula is C21H25N5. The highest BCUT2D eigenvalue weighted by atomic mass is 15.3. The van der Waals surface area contributed by atoms with Crippen molar-refractivity contribution in [2.24, 2.45) is 0 Å². The summed E-state index contributed by atoms with van der Waals surface area (Å²) in [7, 11) is 0. The minimum absolute atomic E-state index is 0.268. The van der Waals surface area contributed by atoms with Crippen LogP contribution >= 0.6 is 0 Å². The number of aromatic nitrogens is 3. The highest BCUT2D eigenvalue weighted by Gasteiger charge is 2.15. The number of anilines is 2. The highest BCUT2D eigenvalue weighted by Crippen LogP contribution is 2.17. The lowest BCUT2D eigenvalue weighted by molar-refractivity contribution is 0.652. The average Bonchev–Trinajstić information content (AvgIpc) is 2.66. The number of hydrogen-bond acceptors (Lipinski definition) is 5. The molecule has 0 bridgehead atoms. The van der Waals surface area contributed by atoms with Crippen LogP contribution < -0.4 is 10.2 Å². The van der Waals surface area contributed by atoms with Crippen LogP contribution in [0.3, 0.4) is 0 Å². The fourth-order valence-corrected chi connectivity index (χ4v) is 2.66. The molecule has 0 aliphatic rings. The van der Waals surface area contributed by atoms with Gasteiger partial charge in [0, 0.05) is 19.1 Å². The number of nitrogens with one attached hydrogen (secondary N) is 1. The molecule has 0 aliphatic heterocycles. The van der Waals surface area contributed by atoms with E-state index in [0.717, 1.165) is 12.4 Å². The van der Waals surface area contributed by atoms with E-state index in [0.29, 0.717) is 12.5 Å². The molecule has 0 fully saturated rings. The Kier molecular flexibility index (Phi) is 5.79. The molecule has 5 nitrogen and oxygen atoms in total. The van der Waals surface area contributed by atoms with Crippen molar-refractivity contribution in [1.29, 1.82) is 0 Å². The molecule has 3 aromatic rings. The van der Waals surface area contributed by atoms with Crippen LogP contribution in [0.5, 0.6) is 0 Å². The quantitative estimate of drug-likeness (QED) is 0.694. The van der Waals surface area contributed by atoms with Crippen molar-refractivity contribution < 1.29 is 0 Å². The van der Waals surface area contributed by atoms with Gasteiger partial charge in [-0.25, -0.2) is 0 Å². The van der Waals surface area contributed by atoms with Crippen molar-refractivity contribution in [3.05, 3.63) is 77.5 Å². The van der Waals surface area contributed by atoms with E-state index in [9.17, 15) is 0 Å². The summed E-state index contributed by atoms with van der Waals surface area (Å²) in [5, 5.41) is 11.7. The fraction of sp³-hybridized carbons (Fsp3) is 0.286. The second kappa shape index (κ2) is 8.43. The summed E-state index contributed by atoms with van der Waals surface area (Å²) in [6, 6.07) is 19.1. The van der Waals surface area contributed by atoms with Crippen molar-refractivity contribution in [3.8, 4) is 0 Å². The largest absolute Gasteiger partial charge is 0.365 e. The summed E-state index contributed by atoms with van der Waals surface area (Å²) < 4.78 is 0. The molecule has 3 rings (SSSR count). The van der Waals surface area contributed by atoms with Crippen molar-refractivity contribution in [1.82, 2.24) is 15.2 Å². The Bertz CT molecular complexity index is 815. The van der Waals surface area contributed by atoms with Gasteiger partial charge in [0.25, 0.3) is 0 Å². The number of nitrogens with zero attached hydrogens (tertiary/aromatic N) is 4. The predicted molar refractivity (Wildman–Crippen MR) is 106 cm³/mol. The third kappa shape index (κ3) is 4.79. The number of rotatable bonds is 7. The van der Waals surface area contributed by atoms with E-state index in [1.165, 1.54) is 16.7 Å². The Morgan fingerprint density at radius 3 is 2.38 bits per heavy atom. The van der Waals surface area contributed by atoms with Gasteiger partial charge >= 0.3 is 0 Å². The SMILES string of the molecule is Cc1ccc(CNc2cnnc(N(Cc3ccccc3)C(C)C)n2)cc1. The van der Waals surface area contributed by atoms with Crippen LogP contribution in [-0.4, -0.2) is 21.2 Å². The second-order valence-electron chi connectivity index (χ2n) is 6.69. The molecule has 0 radical (unpaired) electrons. The molecule has 0 spiro atoms. The van der Waals surface area contributed by atoms with Gasteiger partial charge in [-0.2, -0.15) is 10.1 Å². The Hall–Kier alpha value is -2.95. The molecule has 0 saturated carbocycles. The molecule has 0 amide bonds. The minimum Gasteiger partial charge on any atom is -0.365 e. The summed E-state index contributed by atoms with van der Waals surface area (Å²) in [4.78, 5) is 6.82. The van der Waals surface area contributed by atoms with Gasteiger partial charge in [0.1, 0.15) is 0 Å². The molecule has 5 heteroatoms. The van der Waals surface area contributed by atoms with Gasteiger partial charge in [0.2, 0.25) is 5.95 Å². The molecule has 1 heterocycles. The lowest BCUT2D eigenvalue weighted by Gasteiger charge is -2.26. The summed E-state index contributed by atoms with van der Waals surface area (Å²) >= 11 is 0. The van der Waals surface area contributed by atoms with Crippen molar-refractivity contribution in [2.45, 2.75) is 39.9 Å². The van der Waals surface area contributed by atoms with Crippen molar-refractivity contribution >= 4 is 11.8 Å². The third-order valence-corrected chi connectivity index (χ3v) is 4.22. The first-order valence-electron chi connectivity index (χ1n) is 8.91. The van der Waals surface area contributed by atoms with Crippen LogP contribution in [0.15, 0.2) is 60.8 Å². The summed E-state index contributed by atoms with van der Waals surface area (Å²) in [6.45, 7) is 7.82. The molecular weight excluding hydrogens is 322 g/mol. The maximum atomic E-state index is 4.66. The highest BCUT2D eigenvalue weighted by molar-refractivity contribution is 5.41. The van der Waals surface area contributed by atoms with Crippen molar-refractivity contribution in [3.63, 3.8) is 0 Å². The van der Waals surface area contributed by atoms with Crippen LogP contribution in [0.1, 0.15) is 30.5 Å². The zero-order valence-corrected chi connectivity index (χ0v) is 15.6. The number of hydrogen-bond donors (Lipinski definition) is 1. The molecule has 0 unspecified atom stereocenters. The molecule has 0 aliphatic carbocycles. The van der Waals surface area contributed by atoms with Gasteiger partial charge in [0.05, 0.1) is 6.20 Å². The molecule has 0 saturated heterocycles.